The smallest absolute Gasteiger partial charge is 0.312 e. The molecule has 0 saturated heterocycles. The van der Waals surface area contributed by atoms with Crippen LogP contribution in [0.5, 0.6) is 0 Å². The molecule has 2 aromatic carbocycles. The highest BCUT2D eigenvalue weighted by atomic mass is 16.2. The van der Waals surface area contributed by atoms with Crippen molar-refractivity contribution in [2.75, 3.05) is 6.54 Å². The molecule has 27 heavy (non-hydrogen) atoms. The van der Waals surface area contributed by atoms with Gasteiger partial charge in [0.1, 0.15) is 5.82 Å². The van der Waals surface area contributed by atoms with E-state index in [2.05, 4.69) is 26.3 Å². The van der Waals surface area contributed by atoms with Gasteiger partial charge < -0.3 is 20.9 Å². The van der Waals surface area contributed by atoms with E-state index in [9.17, 15) is 9.59 Å². The second kappa shape index (κ2) is 8.35. The van der Waals surface area contributed by atoms with Gasteiger partial charge in [0.25, 0.3) is 5.91 Å². The molecule has 0 aliphatic heterocycles. The first-order valence-corrected chi connectivity index (χ1v) is 8.85. The van der Waals surface area contributed by atoms with Gasteiger partial charge in [-0.25, -0.2) is 9.78 Å². The van der Waals surface area contributed by atoms with Crippen LogP contribution < -0.4 is 16.4 Å². The summed E-state index contributed by atoms with van der Waals surface area (Å²) in [7, 11) is 2.01. The Hall–Kier alpha value is -3.35. The minimum atomic E-state index is -0.572. The number of amides is 3. The average molecular weight is 365 g/mol. The second-order valence-corrected chi connectivity index (χ2v) is 6.35. The molecule has 0 atom stereocenters. The summed E-state index contributed by atoms with van der Waals surface area (Å²) in [5, 5.41) is 5.44. The topological polar surface area (TPSA) is 102 Å². The number of rotatable bonds is 7. The van der Waals surface area contributed by atoms with Crippen LogP contribution in [-0.4, -0.2) is 28.0 Å². The van der Waals surface area contributed by atoms with E-state index in [-0.39, 0.29) is 5.91 Å². The average Bonchev–Trinajstić information content (AvgIpc) is 3.00. The minimum absolute atomic E-state index is 0.116. The van der Waals surface area contributed by atoms with Crippen LogP contribution in [0, 0.1) is 0 Å². The van der Waals surface area contributed by atoms with E-state index in [0.717, 1.165) is 35.3 Å². The van der Waals surface area contributed by atoms with Gasteiger partial charge in [-0.15, -0.1) is 0 Å². The Morgan fingerprint density at radius 1 is 1.07 bits per heavy atom. The molecule has 0 radical (unpaired) electrons. The first kappa shape index (κ1) is 18.4. The lowest BCUT2D eigenvalue weighted by Gasteiger charge is -2.07. The lowest BCUT2D eigenvalue weighted by molar-refractivity contribution is 0.0953. The number of imidazole rings is 1. The maximum Gasteiger partial charge on any atom is 0.312 e. The molecule has 3 aromatic rings. The summed E-state index contributed by atoms with van der Waals surface area (Å²) in [5.41, 5.74) is 8.61. The fourth-order valence-electron chi connectivity index (χ4n) is 2.93. The summed E-state index contributed by atoms with van der Waals surface area (Å²) in [6.07, 6.45) is 1.60. The molecule has 1 aromatic heterocycles. The number of para-hydroxylation sites is 2. The quantitative estimate of drug-likeness (QED) is 0.559. The number of aryl methyl sites for hydroxylation is 2. The summed E-state index contributed by atoms with van der Waals surface area (Å²) in [4.78, 5) is 27.6. The van der Waals surface area contributed by atoms with Crippen LogP contribution >= 0.6 is 0 Å². The van der Waals surface area contributed by atoms with E-state index in [1.54, 1.807) is 24.3 Å². The third kappa shape index (κ3) is 4.63. The van der Waals surface area contributed by atoms with Crippen molar-refractivity contribution in [3.05, 3.63) is 65.5 Å². The van der Waals surface area contributed by atoms with Gasteiger partial charge in [-0.2, -0.15) is 0 Å². The van der Waals surface area contributed by atoms with Gasteiger partial charge in [-0.1, -0.05) is 24.3 Å². The van der Waals surface area contributed by atoms with Gasteiger partial charge >= 0.3 is 6.03 Å². The predicted octanol–water partition coefficient (Wildman–Crippen LogP) is 2.10. The van der Waals surface area contributed by atoms with Gasteiger partial charge in [0.2, 0.25) is 0 Å². The Bertz CT molecular complexity index is 947. The first-order chi connectivity index (χ1) is 13.0. The molecule has 7 heteroatoms. The van der Waals surface area contributed by atoms with E-state index in [0.29, 0.717) is 18.7 Å². The lowest BCUT2D eigenvalue weighted by Crippen LogP contribution is -2.28. The molecule has 1 heterocycles. The number of fused-ring (bicyclic) bond motifs is 1. The van der Waals surface area contributed by atoms with E-state index in [4.69, 9.17) is 5.73 Å². The highest BCUT2D eigenvalue weighted by Crippen LogP contribution is 2.15. The van der Waals surface area contributed by atoms with Gasteiger partial charge in [-0.05, 0) is 36.2 Å². The molecule has 7 nitrogen and oxygen atoms in total. The number of nitrogens with two attached hydrogens (primary N) is 1. The summed E-state index contributed by atoms with van der Waals surface area (Å²) >= 11 is 0. The molecule has 140 valence electrons. The van der Waals surface area contributed by atoms with Crippen LogP contribution in [0.4, 0.5) is 4.79 Å². The van der Waals surface area contributed by atoms with Gasteiger partial charge in [0.15, 0.2) is 0 Å². The lowest BCUT2D eigenvalue weighted by atomic mass is 10.1. The normalized spacial score (nSPS) is 10.7. The third-order valence-electron chi connectivity index (χ3n) is 4.43. The first-order valence-electron chi connectivity index (χ1n) is 8.85. The zero-order valence-electron chi connectivity index (χ0n) is 15.2. The Labute approximate surface area is 157 Å². The van der Waals surface area contributed by atoms with Crippen molar-refractivity contribution in [3.63, 3.8) is 0 Å². The molecule has 0 aliphatic carbocycles. The molecule has 0 fully saturated rings. The number of carbonyl (C=O) groups is 2. The third-order valence-corrected chi connectivity index (χ3v) is 4.43. The fraction of sp³-hybridized carbons (Fsp3) is 0.250. The zero-order valence-corrected chi connectivity index (χ0v) is 15.2. The number of nitrogens with zero attached hydrogens (tertiary/aromatic N) is 2. The summed E-state index contributed by atoms with van der Waals surface area (Å²) < 4.78 is 2.09. The minimum Gasteiger partial charge on any atom is -0.352 e. The Balaban J connectivity index is 1.47. The fourth-order valence-corrected chi connectivity index (χ4v) is 2.93. The number of hydrogen-bond donors (Lipinski definition) is 3. The van der Waals surface area contributed by atoms with Crippen LogP contribution in [0.1, 0.15) is 28.2 Å². The van der Waals surface area contributed by atoms with Crippen molar-refractivity contribution >= 4 is 23.0 Å². The molecule has 0 saturated carbocycles. The van der Waals surface area contributed by atoms with Crippen molar-refractivity contribution < 1.29 is 9.59 Å². The maximum atomic E-state index is 12.2. The standard InChI is InChI=1S/C20H23N5O2/c1-25-17-6-3-2-5-16(17)24-18(25)7-4-12-22-19(26)15-10-8-14(9-11-15)13-23-20(21)27/h2-3,5-6,8-11H,4,7,12-13H2,1H3,(H,22,26)(H3,21,23,27). The molecular formula is C20H23N5O2. The van der Waals surface area contributed by atoms with Crippen molar-refractivity contribution in [1.82, 2.24) is 20.2 Å². The molecule has 0 aliphatic rings. The van der Waals surface area contributed by atoms with Crippen molar-refractivity contribution in [2.24, 2.45) is 12.8 Å². The molecule has 0 unspecified atom stereocenters. The van der Waals surface area contributed by atoms with Crippen LogP contribution in [-0.2, 0) is 20.0 Å². The molecular weight excluding hydrogens is 342 g/mol. The SMILES string of the molecule is Cn1c(CCCNC(=O)c2ccc(CNC(N)=O)cc2)nc2ccccc21. The molecule has 0 bridgehead atoms. The van der Waals surface area contributed by atoms with Gasteiger partial charge in [0.05, 0.1) is 11.0 Å². The van der Waals surface area contributed by atoms with Crippen molar-refractivity contribution in [1.29, 1.82) is 0 Å². The Morgan fingerprint density at radius 3 is 2.52 bits per heavy atom. The maximum absolute atomic E-state index is 12.2. The van der Waals surface area contributed by atoms with E-state index >= 15 is 0 Å². The van der Waals surface area contributed by atoms with Crippen LogP contribution in [0.15, 0.2) is 48.5 Å². The monoisotopic (exact) mass is 365 g/mol. The molecule has 4 N–H and O–H groups in total. The molecule has 3 amide bonds. The second-order valence-electron chi connectivity index (χ2n) is 6.35. The highest BCUT2D eigenvalue weighted by molar-refractivity contribution is 5.94. The van der Waals surface area contributed by atoms with Crippen molar-refractivity contribution in [2.45, 2.75) is 19.4 Å². The number of primary amides is 1. The molecule has 0 spiro atoms. The van der Waals surface area contributed by atoms with E-state index in [1.165, 1.54) is 0 Å². The Morgan fingerprint density at radius 2 is 1.81 bits per heavy atom. The predicted molar refractivity (Wildman–Crippen MR) is 104 cm³/mol. The van der Waals surface area contributed by atoms with E-state index < -0.39 is 6.03 Å². The number of carbonyl (C=O) groups excluding carboxylic acids is 2. The molecule has 3 rings (SSSR count). The highest BCUT2D eigenvalue weighted by Gasteiger charge is 2.08. The summed E-state index contributed by atoms with van der Waals surface area (Å²) in [6.45, 7) is 0.919. The van der Waals surface area contributed by atoms with Crippen molar-refractivity contribution in [3.8, 4) is 0 Å². The number of hydrogen-bond acceptors (Lipinski definition) is 3. The number of urea groups is 1. The van der Waals surface area contributed by atoms with Crippen LogP contribution in [0.3, 0.4) is 0 Å². The summed E-state index contributed by atoms with van der Waals surface area (Å²) in [5.74, 6) is 0.895. The summed E-state index contributed by atoms with van der Waals surface area (Å²) in [6, 6.07) is 14.5. The van der Waals surface area contributed by atoms with E-state index in [1.807, 2.05) is 25.2 Å². The number of aromatic nitrogens is 2. The van der Waals surface area contributed by atoms with Crippen LogP contribution in [0.25, 0.3) is 11.0 Å². The largest absolute Gasteiger partial charge is 0.352 e. The number of benzene rings is 2. The van der Waals surface area contributed by atoms with Gasteiger partial charge in [0, 0.05) is 32.1 Å². The number of nitrogens with one attached hydrogen (secondary N) is 2. The zero-order chi connectivity index (χ0) is 19.2. The van der Waals surface area contributed by atoms with Gasteiger partial charge in [-0.3, -0.25) is 4.79 Å². The Kier molecular flexibility index (Phi) is 5.71. The van der Waals surface area contributed by atoms with Crippen LogP contribution in [0.2, 0.25) is 0 Å².